The molecule has 1 aromatic heterocycles. The first-order valence-corrected chi connectivity index (χ1v) is 10.5. The number of benzene rings is 1. The van der Waals surface area contributed by atoms with Gasteiger partial charge in [-0.25, -0.2) is 9.97 Å². The number of hydrogen-bond acceptors (Lipinski definition) is 6. The number of carbonyl (C=O) groups is 1. The third-order valence-corrected chi connectivity index (χ3v) is 5.26. The van der Waals surface area contributed by atoms with Crippen LogP contribution >= 0.6 is 0 Å². The van der Waals surface area contributed by atoms with E-state index >= 15 is 0 Å². The molecule has 0 aliphatic carbocycles. The molecule has 1 amide bonds. The van der Waals surface area contributed by atoms with Gasteiger partial charge in [0.25, 0.3) is 5.69 Å². The first-order chi connectivity index (χ1) is 14.4. The Morgan fingerprint density at radius 1 is 1.23 bits per heavy atom. The largest absolute Gasteiger partial charge is 0.367 e. The third-order valence-electron chi connectivity index (χ3n) is 5.26. The van der Waals surface area contributed by atoms with Crippen LogP contribution in [-0.4, -0.2) is 44.8 Å². The van der Waals surface area contributed by atoms with E-state index in [1.54, 1.807) is 12.1 Å². The lowest BCUT2D eigenvalue weighted by molar-refractivity contribution is -0.384. The van der Waals surface area contributed by atoms with E-state index in [4.69, 9.17) is 0 Å². The second-order valence-electron chi connectivity index (χ2n) is 8.12. The van der Waals surface area contributed by atoms with Gasteiger partial charge in [-0.1, -0.05) is 20.8 Å². The van der Waals surface area contributed by atoms with Crippen LogP contribution in [-0.2, 0) is 11.2 Å². The van der Waals surface area contributed by atoms with Crippen molar-refractivity contribution in [3.05, 3.63) is 46.1 Å². The first kappa shape index (κ1) is 21.7. The fraction of sp³-hybridized carbons (Fsp3) is 0.500. The van der Waals surface area contributed by atoms with Crippen molar-refractivity contribution in [2.45, 2.75) is 52.5 Å². The summed E-state index contributed by atoms with van der Waals surface area (Å²) in [5.74, 6) is 1.91. The number of carbonyl (C=O) groups excluding carboxylic acids is 1. The maximum absolute atomic E-state index is 12.3. The molecule has 1 aromatic carbocycles. The number of aromatic nitrogens is 2. The molecule has 1 N–H and O–H groups in total. The van der Waals surface area contributed by atoms with E-state index in [1.807, 2.05) is 17.9 Å². The van der Waals surface area contributed by atoms with Crippen LogP contribution in [0.25, 0.3) is 11.4 Å². The summed E-state index contributed by atoms with van der Waals surface area (Å²) in [6.45, 7) is 7.67. The van der Waals surface area contributed by atoms with Crippen molar-refractivity contribution in [3.63, 3.8) is 0 Å². The minimum Gasteiger partial charge on any atom is -0.367 e. The van der Waals surface area contributed by atoms with Crippen molar-refractivity contribution in [2.24, 2.45) is 5.92 Å². The Labute approximate surface area is 176 Å². The van der Waals surface area contributed by atoms with Crippen molar-refractivity contribution in [1.82, 2.24) is 14.9 Å². The van der Waals surface area contributed by atoms with Crippen LogP contribution in [0.2, 0.25) is 0 Å². The SMILES string of the molecule is CCc1cc(NC2CCN(C(=O)CC(C)C)CC2)nc(-c2ccc([N+](=O)[O-])cc2)n1. The monoisotopic (exact) mass is 411 g/mol. The van der Waals surface area contributed by atoms with Crippen molar-refractivity contribution in [3.8, 4) is 11.4 Å². The van der Waals surface area contributed by atoms with Crippen LogP contribution < -0.4 is 5.32 Å². The summed E-state index contributed by atoms with van der Waals surface area (Å²) in [7, 11) is 0. The van der Waals surface area contributed by atoms with E-state index in [2.05, 4.69) is 29.1 Å². The molecule has 8 nitrogen and oxygen atoms in total. The zero-order valence-corrected chi connectivity index (χ0v) is 17.8. The lowest BCUT2D eigenvalue weighted by Gasteiger charge is -2.33. The number of aryl methyl sites for hydroxylation is 1. The van der Waals surface area contributed by atoms with Gasteiger partial charge in [0, 0.05) is 55.0 Å². The zero-order valence-electron chi connectivity index (χ0n) is 17.8. The highest BCUT2D eigenvalue weighted by atomic mass is 16.6. The third kappa shape index (κ3) is 5.52. The first-order valence-electron chi connectivity index (χ1n) is 10.5. The predicted octanol–water partition coefficient (Wildman–Crippen LogP) is 4.06. The van der Waals surface area contributed by atoms with E-state index in [0.29, 0.717) is 18.2 Å². The molecular weight excluding hydrogens is 382 g/mol. The molecule has 0 unspecified atom stereocenters. The van der Waals surface area contributed by atoms with E-state index in [1.165, 1.54) is 12.1 Å². The van der Waals surface area contributed by atoms with E-state index in [0.717, 1.165) is 49.4 Å². The summed E-state index contributed by atoms with van der Waals surface area (Å²) in [6, 6.07) is 8.48. The molecule has 0 spiro atoms. The normalized spacial score (nSPS) is 14.7. The number of nitrogens with one attached hydrogen (secondary N) is 1. The van der Waals surface area contributed by atoms with Gasteiger partial charge in [-0.3, -0.25) is 14.9 Å². The van der Waals surface area contributed by atoms with Gasteiger partial charge >= 0.3 is 0 Å². The molecule has 30 heavy (non-hydrogen) atoms. The van der Waals surface area contributed by atoms with Gasteiger partial charge in [-0.15, -0.1) is 0 Å². The number of rotatable bonds is 7. The molecule has 1 saturated heterocycles. The van der Waals surface area contributed by atoms with Crippen LogP contribution in [0.3, 0.4) is 0 Å². The minimum atomic E-state index is -0.418. The number of likely N-dealkylation sites (tertiary alicyclic amines) is 1. The molecule has 3 rings (SSSR count). The van der Waals surface area contributed by atoms with Crippen molar-refractivity contribution < 1.29 is 9.72 Å². The Bertz CT molecular complexity index is 890. The van der Waals surface area contributed by atoms with E-state index in [-0.39, 0.29) is 17.6 Å². The fourth-order valence-corrected chi connectivity index (χ4v) is 3.57. The number of piperidine rings is 1. The standard InChI is InChI=1S/C22H29N5O3/c1-4-17-14-20(23-18-9-11-26(12-10-18)21(28)13-15(2)3)25-22(24-17)16-5-7-19(8-6-16)27(29)30/h5-8,14-15,18H,4,9-13H2,1-3H3,(H,23,24,25). The Balaban J connectivity index is 1.69. The number of nitro benzene ring substituents is 1. The second-order valence-corrected chi connectivity index (χ2v) is 8.12. The molecule has 1 aliphatic rings. The lowest BCUT2D eigenvalue weighted by atomic mass is 10.0. The van der Waals surface area contributed by atoms with Gasteiger partial charge in [-0.05, 0) is 37.3 Å². The number of nitrogens with zero attached hydrogens (tertiary/aromatic N) is 4. The number of amides is 1. The number of hydrogen-bond donors (Lipinski definition) is 1. The molecule has 0 bridgehead atoms. The Morgan fingerprint density at radius 2 is 1.90 bits per heavy atom. The topological polar surface area (TPSA) is 101 Å². The molecule has 0 saturated carbocycles. The van der Waals surface area contributed by atoms with Crippen LogP contribution in [0.5, 0.6) is 0 Å². The average Bonchev–Trinajstić information content (AvgIpc) is 2.73. The summed E-state index contributed by atoms with van der Waals surface area (Å²) >= 11 is 0. The van der Waals surface area contributed by atoms with Crippen LogP contribution in [0.15, 0.2) is 30.3 Å². The summed E-state index contributed by atoms with van der Waals surface area (Å²) < 4.78 is 0. The number of non-ortho nitro benzene ring substituents is 1. The molecule has 2 heterocycles. The van der Waals surface area contributed by atoms with E-state index in [9.17, 15) is 14.9 Å². The van der Waals surface area contributed by atoms with Crippen LogP contribution in [0.4, 0.5) is 11.5 Å². The maximum atomic E-state index is 12.3. The van der Waals surface area contributed by atoms with Gasteiger partial charge in [0.1, 0.15) is 5.82 Å². The van der Waals surface area contributed by atoms with Gasteiger partial charge in [0.05, 0.1) is 4.92 Å². The predicted molar refractivity (Wildman–Crippen MR) is 116 cm³/mol. The van der Waals surface area contributed by atoms with Gasteiger partial charge < -0.3 is 10.2 Å². The van der Waals surface area contributed by atoms with Crippen LogP contribution in [0, 0.1) is 16.0 Å². The Hall–Kier alpha value is -3.03. The minimum absolute atomic E-state index is 0.0440. The smallest absolute Gasteiger partial charge is 0.269 e. The number of anilines is 1. The lowest BCUT2D eigenvalue weighted by Crippen LogP contribution is -2.42. The Kier molecular flexibility index (Phi) is 6.97. The molecule has 1 fully saturated rings. The zero-order chi connectivity index (χ0) is 21.7. The van der Waals surface area contributed by atoms with Crippen LogP contribution in [0.1, 0.15) is 45.7 Å². The van der Waals surface area contributed by atoms with Crippen molar-refractivity contribution in [2.75, 3.05) is 18.4 Å². The quantitative estimate of drug-likeness (QED) is 0.544. The fourth-order valence-electron chi connectivity index (χ4n) is 3.57. The molecule has 8 heteroatoms. The molecule has 0 radical (unpaired) electrons. The average molecular weight is 412 g/mol. The van der Waals surface area contributed by atoms with E-state index < -0.39 is 4.92 Å². The summed E-state index contributed by atoms with van der Waals surface area (Å²) in [6.07, 6.45) is 3.12. The second kappa shape index (κ2) is 9.65. The molecular formula is C22H29N5O3. The summed E-state index contributed by atoms with van der Waals surface area (Å²) in [5, 5.41) is 14.4. The van der Waals surface area contributed by atoms with Gasteiger partial charge in [-0.2, -0.15) is 0 Å². The summed E-state index contributed by atoms with van der Waals surface area (Å²) in [4.78, 5) is 33.9. The highest BCUT2D eigenvalue weighted by Crippen LogP contribution is 2.23. The Morgan fingerprint density at radius 3 is 2.47 bits per heavy atom. The molecule has 160 valence electrons. The molecule has 1 aliphatic heterocycles. The highest BCUT2D eigenvalue weighted by Gasteiger charge is 2.23. The van der Waals surface area contributed by atoms with Gasteiger partial charge in [0.15, 0.2) is 5.82 Å². The number of nitro groups is 1. The van der Waals surface area contributed by atoms with Crippen molar-refractivity contribution >= 4 is 17.4 Å². The maximum Gasteiger partial charge on any atom is 0.269 e. The highest BCUT2D eigenvalue weighted by molar-refractivity contribution is 5.76. The van der Waals surface area contributed by atoms with Crippen molar-refractivity contribution in [1.29, 1.82) is 0 Å². The van der Waals surface area contributed by atoms with Gasteiger partial charge in [0.2, 0.25) is 5.91 Å². The molecule has 2 aromatic rings. The summed E-state index contributed by atoms with van der Waals surface area (Å²) in [5.41, 5.74) is 1.70. The molecule has 0 atom stereocenters.